The van der Waals surface area contributed by atoms with Gasteiger partial charge in [0.1, 0.15) is 10.6 Å². The predicted molar refractivity (Wildman–Crippen MR) is 103 cm³/mol. The minimum atomic E-state index is -0.478. The zero-order chi connectivity index (χ0) is 18.7. The summed E-state index contributed by atoms with van der Waals surface area (Å²) in [5, 5.41) is 12.0. The molecule has 0 atom stereocenters. The smallest absolute Gasteiger partial charge is 0.263 e. The zero-order valence-corrected chi connectivity index (χ0v) is 15.7. The van der Waals surface area contributed by atoms with Crippen LogP contribution in [0.1, 0.15) is 41.7 Å². The summed E-state index contributed by atoms with van der Waals surface area (Å²) in [6.07, 6.45) is 1.68. The summed E-state index contributed by atoms with van der Waals surface area (Å²) in [6.45, 7) is 6.49. The molecule has 0 fully saturated rings. The Morgan fingerprint density at radius 1 is 1.12 bits per heavy atom. The van der Waals surface area contributed by atoms with Crippen LogP contribution in [-0.4, -0.2) is 20.7 Å². The van der Waals surface area contributed by atoms with Crippen LogP contribution in [-0.2, 0) is 12.0 Å². The fourth-order valence-corrected chi connectivity index (χ4v) is 3.15. The van der Waals surface area contributed by atoms with Crippen LogP contribution in [0, 0.1) is 0 Å². The van der Waals surface area contributed by atoms with Crippen molar-refractivity contribution in [2.75, 3.05) is 5.32 Å². The molecule has 3 aromatic rings. The number of carbonyl (C=O) groups is 1. The van der Waals surface area contributed by atoms with E-state index in [9.17, 15) is 9.59 Å². The van der Waals surface area contributed by atoms with Gasteiger partial charge in [-0.05, 0) is 17.7 Å². The Balaban J connectivity index is 1.81. The third kappa shape index (κ3) is 4.05. The van der Waals surface area contributed by atoms with E-state index in [0.717, 1.165) is 10.6 Å². The Morgan fingerprint density at radius 2 is 1.85 bits per heavy atom. The SMILES string of the molecule is CC(C)(C)c1nnc(NC(=O)c2cccn(Cc3ccccc3)c2=O)s1. The third-order valence-electron chi connectivity index (χ3n) is 3.75. The van der Waals surface area contributed by atoms with E-state index in [1.807, 2.05) is 51.1 Å². The molecule has 3 rings (SSSR count). The number of hydrogen-bond acceptors (Lipinski definition) is 5. The second-order valence-electron chi connectivity index (χ2n) is 6.96. The van der Waals surface area contributed by atoms with Gasteiger partial charge < -0.3 is 4.57 Å². The number of carbonyl (C=O) groups excluding carboxylic acids is 1. The Labute approximate surface area is 155 Å². The summed E-state index contributed by atoms with van der Waals surface area (Å²) in [6, 6.07) is 12.8. The van der Waals surface area contributed by atoms with Crippen molar-refractivity contribution in [1.29, 1.82) is 0 Å². The molecular weight excluding hydrogens is 348 g/mol. The van der Waals surface area contributed by atoms with Crippen molar-refractivity contribution in [3.8, 4) is 0 Å². The number of nitrogens with one attached hydrogen (secondary N) is 1. The molecule has 0 unspecified atom stereocenters. The van der Waals surface area contributed by atoms with Crippen LogP contribution in [0.3, 0.4) is 0 Å². The number of nitrogens with zero attached hydrogens (tertiary/aromatic N) is 3. The number of hydrogen-bond donors (Lipinski definition) is 1. The summed E-state index contributed by atoms with van der Waals surface area (Å²) >= 11 is 1.31. The molecule has 0 saturated carbocycles. The molecule has 0 saturated heterocycles. The van der Waals surface area contributed by atoms with Gasteiger partial charge in [0.15, 0.2) is 0 Å². The van der Waals surface area contributed by atoms with E-state index < -0.39 is 5.91 Å². The van der Waals surface area contributed by atoms with E-state index >= 15 is 0 Å². The number of rotatable bonds is 4. The van der Waals surface area contributed by atoms with E-state index in [-0.39, 0.29) is 16.5 Å². The lowest BCUT2D eigenvalue weighted by Crippen LogP contribution is -2.29. The van der Waals surface area contributed by atoms with Crippen molar-refractivity contribution in [3.63, 3.8) is 0 Å². The molecule has 1 aromatic carbocycles. The number of benzene rings is 1. The van der Waals surface area contributed by atoms with Crippen molar-refractivity contribution in [2.24, 2.45) is 0 Å². The quantitative estimate of drug-likeness (QED) is 0.766. The maximum atomic E-state index is 12.6. The maximum absolute atomic E-state index is 12.6. The van der Waals surface area contributed by atoms with Crippen LogP contribution in [0.2, 0.25) is 0 Å². The first-order valence-corrected chi connectivity index (χ1v) is 9.05. The highest BCUT2D eigenvalue weighted by Gasteiger charge is 2.21. The molecule has 6 nitrogen and oxygen atoms in total. The highest BCUT2D eigenvalue weighted by Crippen LogP contribution is 2.27. The van der Waals surface area contributed by atoms with Crippen LogP contribution in [0.15, 0.2) is 53.5 Å². The van der Waals surface area contributed by atoms with E-state index in [1.54, 1.807) is 12.3 Å². The molecule has 2 heterocycles. The van der Waals surface area contributed by atoms with Gasteiger partial charge in [-0.3, -0.25) is 14.9 Å². The second-order valence-corrected chi connectivity index (χ2v) is 7.93. The van der Waals surface area contributed by atoms with Crippen molar-refractivity contribution in [1.82, 2.24) is 14.8 Å². The molecule has 7 heteroatoms. The zero-order valence-electron chi connectivity index (χ0n) is 14.9. The number of pyridine rings is 1. The summed E-state index contributed by atoms with van der Waals surface area (Å²) in [5.41, 5.74) is 0.590. The number of amides is 1. The molecule has 0 radical (unpaired) electrons. The largest absolute Gasteiger partial charge is 0.310 e. The van der Waals surface area contributed by atoms with Gasteiger partial charge in [0.05, 0.1) is 6.54 Å². The monoisotopic (exact) mass is 368 g/mol. The van der Waals surface area contributed by atoms with Gasteiger partial charge in [0.2, 0.25) is 5.13 Å². The molecule has 0 aliphatic heterocycles. The molecule has 0 aliphatic carbocycles. The molecule has 26 heavy (non-hydrogen) atoms. The van der Waals surface area contributed by atoms with E-state index in [2.05, 4.69) is 15.5 Å². The van der Waals surface area contributed by atoms with Crippen LogP contribution in [0.5, 0.6) is 0 Å². The van der Waals surface area contributed by atoms with Gasteiger partial charge in [-0.25, -0.2) is 0 Å². The van der Waals surface area contributed by atoms with Crippen molar-refractivity contribution in [3.05, 3.63) is 75.1 Å². The minimum absolute atomic E-state index is 0.0796. The lowest BCUT2D eigenvalue weighted by atomic mass is 9.98. The minimum Gasteiger partial charge on any atom is -0.310 e. The lowest BCUT2D eigenvalue weighted by molar-refractivity contribution is 0.102. The molecule has 0 spiro atoms. The molecular formula is C19H20N4O2S. The Kier molecular flexibility index (Phi) is 4.99. The van der Waals surface area contributed by atoms with Gasteiger partial charge >= 0.3 is 0 Å². The second kappa shape index (κ2) is 7.21. The molecule has 0 aliphatic rings. The average molecular weight is 368 g/mol. The van der Waals surface area contributed by atoms with Crippen molar-refractivity contribution in [2.45, 2.75) is 32.7 Å². The fourth-order valence-electron chi connectivity index (χ4n) is 2.36. The molecule has 134 valence electrons. The number of anilines is 1. The van der Waals surface area contributed by atoms with Gasteiger partial charge in [-0.1, -0.05) is 62.4 Å². The first-order chi connectivity index (χ1) is 12.3. The van der Waals surface area contributed by atoms with Crippen molar-refractivity contribution < 1.29 is 4.79 Å². The third-order valence-corrected chi connectivity index (χ3v) is 5.01. The molecule has 1 amide bonds. The van der Waals surface area contributed by atoms with Crippen LogP contribution in [0.4, 0.5) is 5.13 Å². The topological polar surface area (TPSA) is 76.9 Å². The lowest BCUT2D eigenvalue weighted by Gasteiger charge is -2.12. The average Bonchev–Trinajstić information content (AvgIpc) is 3.06. The first-order valence-electron chi connectivity index (χ1n) is 8.23. The van der Waals surface area contributed by atoms with E-state index in [1.165, 1.54) is 22.0 Å². The summed E-state index contributed by atoms with van der Waals surface area (Å²) in [7, 11) is 0. The Morgan fingerprint density at radius 3 is 2.50 bits per heavy atom. The first kappa shape index (κ1) is 18.0. The highest BCUT2D eigenvalue weighted by molar-refractivity contribution is 7.15. The highest BCUT2D eigenvalue weighted by atomic mass is 32.1. The molecule has 0 bridgehead atoms. The van der Waals surface area contributed by atoms with Crippen LogP contribution in [0.25, 0.3) is 0 Å². The predicted octanol–water partition coefficient (Wildman–Crippen LogP) is 3.30. The van der Waals surface area contributed by atoms with Crippen molar-refractivity contribution >= 4 is 22.4 Å². The molecule has 1 N–H and O–H groups in total. The van der Waals surface area contributed by atoms with E-state index in [4.69, 9.17) is 0 Å². The van der Waals surface area contributed by atoms with E-state index in [0.29, 0.717) is 11.7 Å². The fraction of sp³-hybridized carbons (Fsp3) is 0.263. The Bertz CT molecular complexity index is 971. The normalized spacial score (nSPS) is 11.3. The van der Waals surface area contributed by atoms with Gasteiger partial charge in [-0.2, -0.15) is 0 Å². The Hall–Kier alpha value is -2.80. The van der Waals surface area contributed by atoms with Gasteiger partial charge in [-0.15, -0.1) is 10.2 Å². The van der Waals surface area contributed by atoms with Crippen LogP contribution < -0.4 is 10.9 Å². The number of aromatic nitrogens is 3. The standard InChI is InChI=1S/C19H20N4O2S/c1-19(2,3)17-21-22-18(26-17)20-15(24)14-10-7-11-23(16(14)25)12-13-8-5-4-6-9-13/h4-11H,12H2,1-3H3,(H,20,22,24). The molecule has 2 aromatic heterocycles. The summed E-state index contributed by atoms with van der Waals surface area (Å²) < 4.78 is 1.52. The van der Waals surface area contributed by atoms with Gasteiger partial charge in [0.25, 0.3) is 11.5 Å². The van der Waals surface area contributed by atoms with Crippen LogP contribution >= 0.6 is 11.3 Å². The van der Waals surface area contributed by atoms with Gasteiger partial charge in [0, 0.05) is 11.6 Å². The maximum Gasteiger partial charge on any atom is 0.263 e. The summed E-state index contributed by atoms with van der Waals surface area (Å²) in [4.78, 5) is 25.2. The summed E-state index contributed by atoms with van der Waals surface area (Å²) in [5.74, 6) is -0.478.